The Morgan fingerprint density at radius 3 is 2.46 bits per heavy atom. The first-order chi connectivity index (χ1) is 18.9. The molecule has 2 aliphatic rings. The lowest BCUT2D eigenvalue weighted by molar-refractivity contribution is 0.192. The zero-order chi connectivity index (χ0) is 27.1. The molecular weight excluding hydrogens is 510 g/mol. The van der Waals surface area contributed by atoms with Crippen LogP contribution in [0.4, 0.5) is 5.69 Å². The minimum Gasteiger partial charge on any atom is -0.369 e. The molecule has 0 bridgehead atoms. The molecule has 1 N–H and O–H groups in total. The number of aryl methyl sites for hydroxylation is 3. The standard InChI is InChI=1S/C30H36ClN7O/c1-19-9-11-22-17-25(30(39)32-27(22)21(19)3)28(29-33-34-35-38(29)24-7-5-4-6-8-24)37-15-13-36(14-16-37)26-18-23(31)12-10-20(26)2/h9-12,17-18,24,28H,4-8,13-16H2,1-3H3,(H,32,39)/t28-/m1/s1. The molecule has 2 aromatic heterocycles. The lowest BCUT2D eigenvalue weighted by Crippen LogP contribution is -2.49. The maximum atomic E-state index is 13.7. The van der Waals surface area contributed by atoms with E-state index in [0.29, 0.717) is 5.56 Å². The van der Waals surface area contributed by atoms with E-state index in [9.17, 15) is 4.79 Å². The van der Waals surface area contributed by atoms with Gasteiger partial charge in [0.1, 0.15) is 6.04 Å². The summed E-state index contributed by atoms with van der Waals surface area (Å²) in [5.74, 6) is 0.767. The minimum absolute atomic E-state index is 0.0764. The number of nitrogens with zero attached hydrogens (tertiary/aromatic N) is 6. The third-order valence-electron chi connectivity index (χ3n) is 8.75. The van der Waals surface area contributed by atoms with Crippen LogP contribution in [0.15, 0.2) is 41.2 Å². The lowest BCUT2D eigenvalue weighted by atomic mass is 9.94. The summed E-state index contributed by atoms with van der Waals surface area (Å²) in [5.41, 5.74) is 6.16. The average molecular weight is 546 g/mol. The summed E-state index contributed by atoms with van der Waals surface area (Å²) in [6.45, 7) is 9.46. The van der Waals surface area contributed by atoms with E-state index in [1.54, 1.807) is 0 Å². The molecular formula is C30H36ClN7O. The Balaban J connectivity index is 1.40. The predicted molar refractivity (Wildman–Crippen MR) is 156 cm³/mol. The molecule has 0 amide bonds. The second-order valence-electron chi connectivity index (χ2n) is 11.2. The van der Waals surface area contributed by atoms with Gasteiger partial charge in [0.25, 0.3) is 5.56 Å². The van der Waals surface area contributed by atoms with E-state index < -0.39 is 0 Å². The van der Waals surface area contributed by atoms with Crippen molar-refractivity contribution in [2.75, 3.05) is 31.1 Å². The number of pyridine rings is 1. The minimum atomic E-state index is -0.334. The topological polar surface area (TPSA) is 82.9 Å². The van der Waals surface area contributed by atoms with Crippen molar-refractivity contribution in [3.05, 3.63) is 79.9 Å². The van der Waals surface area contributed by atoms with Gasteiger partial charge in [-0.05, 0) is 84.3 Å². The quantitative estimate of drug-likeness (QED) is 0.356. The first kappa shape index (κ1) is 26.0. The van der Waals surface area contributed by atoms with Crippen LogP contribution in [0.2, 0.25) is 5.02 Å². The van der Waals surface area contributed by atoms with Gasteiger partial charge in [-0.25, -0.2) is 4.68 Å². The second-order valence-corrected chi connectivity index (χ2v) is 11.6. The van der Waals surface area contributed by atoms with E-state index in [4.69, 9.17) is 11.6 Å². The third kappa shape index (κ3) is 4.96. The van der Waals surface area contributed by atoms with Crippen LogP contribution in [0.3, 0.4) is 0 Å². The average Bonchev–Trinajstić information content (AvgIpc) is 3.43. The molecule has 1 aliphatic carbocycles. The van der Waals surface area contributed by atoms with Gasteiger partial charge in [0.15, 0.2) is 5.82 Å². The Hall–Kier alpha value is -3.23. The smallest absolute Gasteiger partial charge is 0.253 e. The van der Waals surface area contributed by atoms with E-state index in [-0.39, 0.29) is 17.6 Å². The second kappa shape index (κ2) is 10.7. The predicted octanol–water partition coefficient (Wildman–Crippen LogP) is 5.51. The zero-order valence-electron chi connectivity index (χ0n) is 23.0. The number of aromatic amines is 1. The van der Waals surface area contributed by atoms with Gasteiger partial charge in [0, 0.05) is 42.5 Å². The normalized spacial score (nSPS) is 18.1. The van der Waals surface area contributed by atoms with Crippen molar-refractivity contribution in [2.45, 2.75) is 65.0 Å². The number of hydrogen-bond donors (Lipinski definition) is 1. The summed E-state index contributed by atoms with van der Waals surface area (Å²) in [5, 5.41) is 15.0. The van der Waals surface area contributed by atoms with E-state index in [1.807, 2.05) is 16.8 Å². The number of aromatic nitrogens is 5. The van der Waals surface area contributed by atoms with Gasteiger partial charge in [-0.3, -0.25) is 9.69 Å². The molecule has 8 nitrogen and oxygen atoms in total. The Labute approximate surface area is 234 Å². The maximum absolute atomic E-state index is 13.7. The Bertz CT molecular complexity index is 1550. The van der Waals surface area contributed by atoms with Gasteiger partial charge in [0.2, 0.25) is 0 Å². The molecule has 2 aromatic carbocycles. The fourth-order valence-electron chi connectivity index (χ4n) is 6.35. The summed E-state index contributed by atoms with van der Waals surface area (Å²) in [6.07, 6.45) is 5.76. The number of benzene rings is 2. The molecule has 0 spiro atoms. The Kier molecular flexibility index (Phi) is 7.16. The zero-order valence-corrected chi connectivity index (χ0v) is 23.7. The highest BCUT2D eigenvalue weighted by molar-refractivity contribution is 6.30. The van der Waals surface area contributed by atoms with Crippen LogP contribution < -0.4 is 10.5 Å². The summed E-state index contributed by atoms with van der Waals surface area (Å²) in [7, 11) is 0. The van der Waals surface area contributed by atoms with Crippen molar-refractivity contribution in [3.63, 3.8) is 0 Å². The van der Waals surface area contributed by atoms with E-state index in [2.05, 4.69) is 75.3 Å². The van der Waals surface area contributed by atoms with Gasteiger partial charge in [0.05, 0.1) is 11.6 Å². The number of H-pyrrole nitrogens is 1. The summed E-state index contributed by atoms with van der Waals surface area (Å²) in [4.78, 5) is 21.7. The molecule has 0 unspecified atom stereocenters. The van der Waals surface area contributed by atoms with Crippen LogP contribution in [0.1, 0.15) is 72.3 Å². The number of fused-ring (bicyclic) bond motifs is 1. The molecule has 1 aliphatic heterocycles. The lowest BCUT2D eigenvalue weighted by Gasteiger charge is -2.40. The number of tetrazole rings is 1. The first-order valence-corrected chi connectivity index (χ1v) is 14.4. The van der Waals surface area contributed by atoms with Crippen molar-refractivity contribution in [2.24, 2.45) is 0 Å². The summed E-state index contributed by atoms with van der Waals surface area (Å²) < 4.78 is 2.02. The van der Waals surface area contributed by atoms with Crippen molar-refractivity contribution in [1.29, 1.82) is 0 Å². The molecule has 2 fully saturated rings. The maximum Gasteiger partial charge on any atom is 0.253 e. The third-order valence-corrected chi connectivity index (χ3v) is 8.98. The highest BCUT2D eigenvalue weighted by Crippen LogP contribution is 2.34. The largest absolute Gasteiger partial charge is 0.369 e. The molecule has 0 radical (unpaired) electrons. The summed E-state index contributed by atoms with van der Waals surface area (Å²) >= 11 is 6.34. The highest BCUT2D eigenvalue weighted by Gasteiger charge is 2.34. The van der Waals surface area contributed by atoms with Gasteiger partial charge < -0.3 is 9.88 Å². The first-order valence-electron chi connectivity index (χ1n) is 14.1. The Morgan fingerprint density at radius 2 is 1.69 bits per heavy atom. The van der Waals surface area contributed by atoms with Crippen LogP contribution in [-0.4, -0.2) is 56.3 Å². The van der Waals surface area contributed by atoms with Crippen LogP contribution in [0, 0.1) is 20.8 Å². The molecule has 3 heterocycles. The van der Waals surface area contributed by atoms with Crippen molar-refractivity contribution >= 4 is 28.2 Å². The van der Waals surface area contributed by atoms with Crippen LogP contribution >= 0.6 is 11.6 Å². The number of rotatable bonds is 5. The van der Waals surface area contributed by atoms with Crippen LogP contribution in [-0.2, 0) is 0 Å². The summed E-state index contributed by atoms with van der Waals surface area (Å²) in [6, 6.07) is 12.3. The van der Waals surface area contributed by atoms with Gasteiger partial charge >= 0.3 is 0 Å². The van der Waals surface area contributed by atoms with Crippen LogP contribution in [0.25, 0.3) is 10.9 Å². The van der Waals surface area contributed by atoms with Crippen LogP contribution in [0.5, 0.6) is 0 Å². The van der Waals surface area contributed by atoms with Gasteiger partial charge in [-0.15, -0.1) is 5.10 Å². The molecule has 204 valence electrons. The SMILES string of the molecule is Cc1ccc(Cl)cc1N1CCN([C@H](c2cc3ccc(C)c(C)c3[nH]c2=O)c2nnnn2C2CCCCC2)CC1. The number of nitrogens with one attached hydrogen (secondary N) is 1. The number of piperazine rings is 1. The molecule has 9 heteroatoms. The fraction of sp³-hybridized carbons (Fsp3) is 0.467. The van der Waals surface area contributed by atoms with E-state index in [0.717, 1.165) is 71.9 Å². The molecule has 1 saturated heterocycles. The molecule has 1 atom stereocenters. The number of halogens is 1. The van der Waals surface area contributed by atoms with Crippen molar-refractivity contribution < 1.29 is 0 Å². The van der Waals surface area contributed by atoms with E-state index in [1.165, 1.54) is 30.5 Å². The highest BCUT2D eigenvalue weighted by atomic mass is 35.5. The van der Waals surface area contributed by atoms with E-state index >= 15 is 0 Å². The van der Waals surface area contributed by atoms with Gasteiger partial charge in [-0.2, -0.15) is 0 Å². The molecule has 1 saturated carbocycles. The molecule has 39 heavy (non-hydrogen) atoms. The number of anilines is 1. The molecule has 6 rings (SSSR count). The molecule has 4 aromatic rings. The number of hydrogen-bond acceptors (Lipinski definition) is 6. The van der Waals surface area contributed by atoms with Crippen molar-refractivity contribution in [3.8, 4) is 0 Å². The fourth-order valence-corrected chi connectivity index (χ4v) is 6.52. The van der Waals surface area contributed by atoms with Crippen molar-refractivity contribution in [1.82, 2.24) is 30.1 Å². The van der Waals surface area contributed by atoms with Gasteiger partial charge in [-0.1, -0.05) is 49.1 Å². The monoisotopic (exact) mass is 545 g/mol. The Morgan fingerprint density at radius 1 is 0.949 bits per heavy atom.